The molecule has 0 spiro atoms. The van der Waals surface area contributed by atoms with Crippen molar-refractivity contribution in [1.29, 1.82) is 0 Å². The van der Waals surface area contributed by atoms with E-state index in [1.807, 2.05) is 0 Å². The molecule has 12 atom stereocenters. The summed E-state index contributed by atoms with van der Waals surface area (Å²) in [6.45, 7) is 7.91. The van der Waals surface area contributed by atoms with Crippen LogP contribution < -0.4 is 4.90 Å². The first-order chi connectivity index (χ1) is 27.9. The molecule has 2 aromatic carbocycles. The summed E-state index contributed by atoms with van der Waals surface area (Å²) in [4.78, 5) is 5.85. The number of anilines is 2. The molecule has 2 aromatic rings. The lowest BCUT2D eigenvalue weighted by Gasteiger charge is -2.49. The van der Waals surface area contributed by atoms with Crippen LogP contribution in [0.5, 0.6) is 0 Å². The minimum absolute atomic E-state index is 0.211. The number of para-hydroxylation sites is 1. The number of hydrogen-bond acceptors (Lipinski definition) is 2. The number of benzene rings is 2. The third kappa shape index (κ3) is 7.37. The maximum absolute atomic E-state index is 3.19. The number of allylic oxidation sites excluding steroid dienone is 4. The fraction of sp³-hybridized carbons (Fsp3) is 0.673. The van der Waals surface area contributed by atoms with Crippen molar-refractivity contribution in [2.75, 3.05) is 4.90 Å². The van der Waals surface area contributed by atoms with E-state index in [-0.39, 0.29) is 5.41 Å². The molecule has 0 bridgehead atoms. The van der Waals surface area contributed by atoms with E-state index in [4.69, 9.17) is 0 Å². The van der Waals surface area contributed by atoms with Crippen molar-refractivity contribution in [1.82, 2.24) is 4.90 Å². The average molecular weight is 765 g/mol. The molecule has 0 amide bonds. The Balaban J connectivity index is 0.795. The Bertz CT molecular complexity index is 1760. The molecule has 306 valence electrons. The van der Waals surface area contributed by atoms with Crippen molar-refractivity contribution in [3.63, 3.8) is 0 Å². The highest BCUT2D eigenvalue weighted by Crippen LogP contribution is 2.60. The summed E-state index contributed by atoms with van der Waals surface area (Å²) in [5.41, 5.74) is 6.26. The molecule has 2 heteroatoms. The first kappa shape index (κ1) is 38.6. The zero-order valence-corrected chi connectivity index (χ0v) is 36.1. The van der Waals surface area contributed by atoms with E-state index in [1.54, 1.807) is 11.1 Å². The van der Waals surface area contributed by atoms with Gasteiger partial charge in [-0.15, -0.1) is 0 Å². The molecular formula is C55H76N2. The fourth-order valence-corrected chi connectivity index (χ4v) is 15.6. The van der Waals surface area contributed by atoms with Crippen LogP contribution in [-0.2, 0) is 5.41 Å². The van der Waals surface area contributed by atoms with Crippen molar-refractivity contribution < 1.29 is 0 Å². The van der Waals surface area contributed by atoms with Crippen LogP contribution in [0.1, 0.15) is 166 Å². The van der Waals surface area contributed by atoms with Crippen molar-refractivity contribution in [2.24, 2.45) is 47.3 Å². The molecule has 5 saturated carbocycles. The van der Waals surface area contributed by atoms with Gasteiger partial charge in [0.2, 0.25) is 0 Å². The third-order valence-electron chi connectivity index (χ3n) is 18.4. The second-order valence-electron chi connectivity index (χ2n) is 21.5. The van der Waals surface area contributed by atoms with Crippen LogP contribution in [0.25, 0.3) is 0 Å². The SMILES string of the molecule is CC1C2CC(/C=C/C3CCC4c5ccc(N(c6ccccc6)[C@@H]6CC=CCC6)cc5C(C)(C)C4C3)CCC2C2CCC(N(C3CC=CCC3)C3CCCCC3)CC12. The first-order valence-electron chi connectivity index (χ1n) is 24.7. The van der Waals surface area contributed by atoms with Gasteiger partial charge in [-0.2, -0.15) is 0 Å². The van der Waals surface area contributed by atoms with E-state index in [0.29, 0.717) is 6.04 Å². The molecule has 0 heterocycles. The van der Waals surface area contributed by atoms with E-state index in [0.717, 1.165) is 77.8 Å². The van der Waals surface area contributed by atoms with Crippen LogP contribution in [-0.4, -0.2) is 29.1 Å². The minimum Gasteiger partial charge on any atom is -0.338 e. The molecule has 8 aliphatic carbocycles. The topological polar surface area (TPSA) is 6.48 Å². The van der Waals surface area contributed by atoms with Gasteiger partial charge in [0.25, 0.3) is 0 Å². The molecule has 57 heavy (non-hydrogen) atoms. The molecule has 2 nitrogen and oxygen atoms in total. The summed E-state index contributed by atoms with van der Waals surface area (Å²) < 4.78 is 0. The second-order valence-corrected chi connectivity index (χ2v) is 21.5. The van der Waals surface area contributed by atoms with Gasteiger partial charge in [0, 0.05) is 35.5 Å². The second kappa shape index (κ2) is 16.5. The Hall–Kier alpha value is -2.58. The molecule has 0 N–H and O–H groups in total. The Kier molecular flexibility index (Phi) is 11.2. The Labute approximate surface area is 348 Å². The molecular weight excluding hydrogens is 689 g/mol. The Morgan fingerprint density at radius 2 is 1.25 bits per heavy atom. The van der Waals surface area contributed by atoms with Crippen LogP contribution >= 0.6 is 0 Å². The molecule has 0 aromatic heterocycles. The van der Waals surface area contributed by atoms with Gasteiger partial charge in [0.1, 0.15) is 0 Å². The summed E-state index contributed by atoms with van der Waals surface area (Å²) in [7, 11) is 0. The summed E-state index contributed by atoms with van der Waals surface area (Å²) in [5.74, 6) is 7.93. The normalized spacial score (nSPS) is 38.8. The zero-order chi connectivity index (χ0) is 38.5. The molecule has 10 rings (SSSR count). The fourth-order valence-electron chi connectivity index (χ4n) is 15.6. The highest BCUT2D eigenvalue weighted by atomic mass is 15.2. The van der Waals surface area contributed by atoms with Crippen LogP contribution in [0, 0.1) is 47.3 Å². The average Bonchev–Trinajstić information content (AvgIpc) is 3.66. The maximum atomic E-state index is 3.19. The number of fused-ring (bicyclic) bond motifs is 6. The van der Waals surface area contributed by atoms with E-state index in [2.05, 4.69) is 116 Å². The van der Waals surface area contributed by atoms with Gasteiger partial charge in [0.05, 0.1) is 0 Å². The van der Waals surface area contributed by atoms with E-state index in [1.165, 1.54) is 133 Å². The van der Waals surface area contributed by atoms with Crippen molar-refractivity contribution in [3.8, 4) is 0 Å². The van der Waals surface area contributed by atoms with E-state index >= 15 is 0 Å². The maximum Gasteiger partial charge on any atom is 0.0416 e. The van der Waals surface area contributed by atoms with Gasteiger partial charge in [-0.25, -0.2) is 0 Å². The molecule has 0 radical (unpaired) electrons. The van der Waals surface area contributed by atoms with Gasteiger partial charge < -0.3 is 4.90 Å². The van der Waals surface area contributed by atoms with Gasteiger partial charge >= 0.3 is 0 Å². The van der Waals surface area contributed by atoms with E-state index < -0.39 is 0 Å². The van der Waals surface area contributed by atoms with E-state index in [9.17, 15) is 0 Å². The zero-order valence-electron chi connectivity index (χ0n) is 36.1. The van der Waals surface area contributed by atoms with Gasteiger partial charge in [0.15, 0.2) is 0 Å². The highest BCUT2D eigenvalue weighted by Gasteiger charge is 2.53. The minimum atomic E-state index is 0.211. The predicted molar refractivity (Wildman–Crippen MR) is 241 cm³/mol. The van der Waals surface area contributed by atoms with Crippen molar-refractivity contribution in [3.05, 3.63) is 96.1 Å². The summed E-state index contributed by atoms with van der Waals surface area (Å²) >= 11 is 0. The quantitative estimate of drug-likeness (QED) is 0.247. The molecule has 0 saturated heterocycles. The molecule has 0 aliphatic heterocycles. The highest BCUT2D eigenvalue weighted by molar-refractivity contribution is 5.67. The summed E-state index contributed by atoms with van der Waals surface area (Å²) in [6.07, 6.45) is 43.3. The Morgan fingerprint density at radius 1 is 0.561 bits per heavy atom. The van der Waals surface area contributed by atoms with Crippen LogP contribution in [0.15, 0.2) is 85.0 Å². The lowest BCUT2D eigenvalue weighted by molar-refractivity contribution is 0.00603. The smallest absolute Gasteiger partial charge is 0.0416 e. The standard InChI is InChI=1S/C55H76N2/c1-38-51-34-39(26-30-47(51)48-32-28-45(36-52(38)48)56(41-16-8-4-9-17-41)42-18-10-5-11-19-42)24-25-40-27-31-49-50-33-29-46(37-54(50)55(2,3)53(49)35-40)57(43-20-12-6-13-21-43)44-22-14-7-15-23-44/h4,6-8,12-14,20-21,24-25,29,33,37-42,44-45,47-49,51-53H,5,9-11,15-19,22-23,26-28,30-32,34-36H2,1-3H3/b25-24+/t38?,39?,40?,41?,44-,45?,47?,48?,49?,51?,52?,53?/m1/s1. The third-order valence-corrected chi connectivity index (χ3v) is 18.4. The van der Waals surface area contributed by atoms with Crippen LogP contribution in [0.3, 0.4) is 0 Å². The summed E-state index contributed by atoms with van der Waals surface area (Å²) in [6, 6.07) is 22.0. The molecule has 5 fully saturated rings. The molecule has 8 aliphatic rings. The predicted octanol–water partition coefficient (Wildman–Crippen LogP) is 14.5. The van der Waals surface area contributed by atoms with Crippen LogP contribution in [0.2, 0.25) is 0 Å². The number of hydrogen-bond donors (Lipinski definition) is 0. The van der Waals surface area contributed by atoms with Crippen LogP contribution in [0.4, 0.5) is 11.4 Å². The first-order valence-corrected chi connectivity index (χ1v) is 24.7. The monoisotopic (exact) mass is 765 g/mol. The van der Waals surface area contributed by atoms with Gasteiger partial charge in [-0.3, -0.25) is 4.90 Å². The summed E-state index contributed by atoms with van der Waals surface area (Å²) in [5, 5.41) is 0. The number of rotatable bonds is 8. The largest absolute Gasteiger partial charge is 0.338 e. The van der Waals surface area contributed by atoms with Crippen molar-refractivity contribution in [2.45, 2.75) is 185 Å². The molecule has 11 unspecified atom stereocenters. The van der Waals surface area contributed by atoms with Gasteiger partial charge in [-0.05, 0) is 203 Å². The Morgan fingerprint density at radius 3 is 1.98 bits per heavy atom. The van der Waals surface area contributed by atoms with Crippen molar-refractivity contribution >= 4 is 11.4 Å². The number of nitrogens with zero attached hydrogens (tertiary/aromatic N) is 2. The lowest BCUT2D eigenvalue weighted by atomic mass is 9.66. The lowest BCUT2D eigenvalue weighted by Crippen LogP contribution is -2.52. The van der Waals surface area contributed by atoms with Gasteiger partial charge in [-0.1, -0.05) is 101 Å².